The Labute approximate surface area is 167 Å². The Morgan fingerprint density at radius 1 is 1.00 bits per heavy atom. The van der Waals surface area contributed by atoms with Gasteiger partial charge in [0, 0.05) is 53.0 Å². The molecule has 0 aliphatic rings. The number of aromatic nitrogens is 4. The molecule has 0 aliphatic heterocycles. The number of imidazole rings is 1. The fourth-order valence-electron chi connectivity index (χ4n) is 3.42. The topological polar surface area (TPSA) is 76.5 Å². The van der Waals surface area contributed by atoms with Crippen LogP contribution in [-0.4, -0.2) is 33.6 Å². The zero-order valence-corrected chi connectivity index (χ0v) is 16.0. The zero-order chi connectivity index (χ0) is 19.8. The average molecular weight is 385 g/mol. The van der Waals surface area contributed by atoms with Gasteiger partial charge in [-0.2, -0.15) is 0 Å². The van der Waals surface area contributed by atoms with Gasteiger partial charge < -0.3 is 24.2 Å². The number of hydrogen-bond donors (Lipinski definition) is 2. The first-order valence-electron chi connectivity index (χ1n) is 9.15. The predicted molar refractivity (Wildman–Crippen MR) is 113 cm³/mol. The van der Waals surface area contributed by atoms with E-state index >= 15 is 0 Å². The van der Waals surface area contributed by atoms with Gasteiger partial charge in [-0.1, -0.05) is 6.07 Å². The van der Waals surface area contributed by atoms with E-state index in [1.807, 2.05) is 41.2 Å². The van der Waals surface area contributed by atoms with Crippen molar-refractivity contribution in [1.82, 2.24) is 19.4 Å². The van der Waals surface area contributed by atoms with Gasteiger partial charge >= 0.3 is 0 Å². The van der Waals surface area contributed by atoms with Crippen LogP contribution in [0.3, 0.4) is 0 Å². The molecule has 0 aliphatic carbocycles. The molecule has 0 saturated heterocycles. The molecule has 2 N–H and O–H groups in total. The molecule has 2 aromatic carbocycles. The molecular weight excluding hydrogens is 366 g/mol. The molecule has 3 aromatic heterocycles. The third kappa shape index (κ3) is 3.02. The minimum atomic E-state index is 0.644. The summed E-state index contributed by atoms with van der Waals surface area (Å²) in [5, 5.41) is 4.51. The van der Waals surface area contributed by atoms with E-state index in [9.17, 15) is 0 Å². The lowest BCUT2D eigenvalue weighted by Gasteiger charge is -2.12. The monoisotopic (exact) mass is 385 g/mol. The molecule has 0 bridgehead atoms. The second-order valence-corrected chi connectivity index (χ2v) is 6.61. The van der Waals surface area contributed by atoms with Crippen LogP contribution in [0.2, 0.25) is 0 Å². The maximum atomic E-state index is 5.40. The number of fused-ring (bicyclic) bond motifs is 2. The van der Waals surface area contributed by atoms with Crippen LogP contribution in [0.15, 0.2) is 67.3 Å². The zero-order valence-electron chi connectivity index (χ0n) is 16.0. The number of anilines is 2. The molecule has 0 amide bonds. The molecule has 29 heavy (non-hydrogen) atoms. The molecule has 0 spiro atoms. The molecular formula is C22H19N5O2. The Hall–Kier alpha value is -4.00. The fourth-order valence-corrected chi connectivity index (χ4v) is 3.42. The summed E-state index contributed by atoms with van der Waals surface area (Å²) in [5.74, 6) is 1.98. The number of H-pyrrole nitrogens is 1. The molecule has 0 atom stereocenters. The number of methoxy groups -OCH3 is 2. The van der Waals surface area contributed by atoms with Crippen molar-refractivity contribution in [3.63, 3.8) is 0 Å². The van der Waals surface area contributed by atoms with Crippen molar-refractivity contribution in [1.29, 1.82) is 0 Å². The standard InChI is InChI=1S/C22H19N5O2/c1-28-19-6-4-16(12-20(19)29-2)25-21-22-24-9-10-27(22)13-18(26-21)14-3-5-17-15(11-14)7-8-23-17/h3-13,23H,1-2H3,(H,25,26). The Bertz CT molecular complexity index is 1320. The largest absolute Gasteiger partial charge is 0.493 e. The molecule has 5 rings (SSSR count). The lowest BCUT2D eigenvalue weighted by Crippen LogP contribution is -2.01. The molecule has 0 unspecified atom stereocenters. The number of aromatic amines is 1. The average Bonchev–Trinajstić information content (AvgIpc) is 3.42. The van der Waals surface area contributed by atoms with Crippen LogP contribution < -0.4 is 14.8 Å². The SMILES string of the molecule is COc1ccc(Nc2nc(-c3ccc4[nH]ccc4c3)cn3ccnc23)cc1OC. The Morgan fingerprint density at radius 2 is 1.90 bits per heavy atom. The van der Waals surface area contributed by atoms with Crippen molar-refractivity contribution >= 4 is 28.1 Å². The molecule has 7 heteroatoms. The molecule has 3 heterocycles. The number of hydrogen-bond acceptors (Lipinski definition) is 5. The lowest BCUT2D eigenvalue weighted by molar-refractivity contribution is 0.355. The third-order valence-corrected chi connectivity index (χ3v) is 4.87. The third-order valence-electron chi connectivity index (χ3n) is 4.87. The molecule has 0 fully saturated rings. The van der Waals surface area contributed by atoms with Gasteiger partial charge in [0.25, 0.3) is 0 Å². The van der Waals surface area contributed by atoms with Gasteiger partial charge in [-0.25, -0.2) is 9.97 Å². The summed E-state index contributed by atoms with van der Waals surface area (Å²) in [6, 6.07) is 13.9. The summed E-state index contributed by atoms with van der Waals surface area (Å²) in [4.78, 5) is 12.5. The quantitative estimate of drug-likeness (QED) is 0.461. The van der Waals surface area contributed by atoms with Gasteiger partial charge in [-0.15, -0.1) is 0 Å². The van der Waals surface area contributed by atoms with E-state index in [4.69, 9.17) is 14.5 Å². The Balaban J connectivity index is 1.59. The van der Waals surface area contributed by atoms with Gasteiger partial charge in [0.05, 0.1) is 19.9 Å². The highest BCUT2D eigenvalue weighted by atomic mass is 16.5. The summed E-state index contributed by atoms with van der Waals surface area (Å²) in [5.41, 5.74) is 4.55. The molecule has 0 radical (unpaired) electrons. The smallest absolute Gasteiger partial charge is 0.180 e. The van der Waals surface area contributed by atoms with E-state index < -0.39 is 0 Å². The van der Waals surface area contributed by atoms with Gasteiger partial charge in [0.2, 0.25) is 0 Å². The number of benzene rings is 2. The number of rotatable bonds is 5. The highest BCUT2D eigenvalue weighted by Gasteiger charge is 2.12. The highest BCUT2D eigenvalue weighted by molar-refractivity contribution is 5.85. The Morgan fingerprint density at radius 3 is 2.76 bits per heavy atom. The van der Waals surface area contributed by atoms with Crippen LogP contribution in [0.1, 0.15) is 0 Å². The number of ether oxygens (including phenoxy) is 2. The number of nitrogens with zero attached hydrogens (tertiary/aromatic N) is 3. The normalized spacial score (nSPS) is 11.1. The van der Waals surface area contributed by atoms with Crippen molar-refractivity contribution in [2.75, 3.05) is 19.5 Å². The van der Waals surface area contributed by atoms with Gasteiger partial charge in [-0.3, -0.25) is 0 Å². The van der Waals surface area contributed by atoms with Crippen molar-refractivity contribution in [3.8, 4) is 22.8 Å². The summed E-state index contributed by atoms with van der Waals surface area (Å²) >= 11 is 0. The summed E-state index contributed by atoms with van der Waals surface area (Å²) < 4.78 is 12.7. The van der Waals surface area contributed by atoms with Crippen molar-refractivity contribution in [2.45, 2.75) is 0 Å². The lowest BCUT2D eigenvalue weighted by atomic mass is 10.1. The van der Waals surface area contributed by atoms with Crippen molar-refractivity contribution < 1.29 is 9.47 Å². The summed E-state index contributed by atoms with van der Waals surface area (Å²) in [6.45, 7) is 0. The minimum Gasteiger partial charge on any atom is -0.493 e. The second-order valence-electron chi connectivity index (χ2n) is 6.61. The first-order chi connectivity index (χ1) is 14.2. The van der Waals surface area contributed by atoms with Gasteiger partial charge in [-0.05, 0) is 30.3 Å². The molecule has 0 saturated carbocycles. The van der Waals surface area contributed by atoms with Crippen LogP contribution in [0.5, 0.6) is 11.5 Å². The van der Waals surface area contributed by atoms with E-state index in [-0.39, 0.29) is 0 Å². The molecule has 144 valence electrons. The van der Waals surface area contributed by atoms with Crippen molar-refractivity contribution in [2.24, 2.45) is 0 Å². The Kier molecular flexibility index (Phi) is 4.05. The van der Waals surface area contributed by atoms with Crippen LogP contribution >= 0.6 is 0 Å². The predicted octanol–water partition coefficient (Wildman–Crippen LogP) is 4.64. The maximum absolute atomic E-state index is 5.40. The van der Waals surface area contributed by atoms with E-state index in [1.165, 1.54) is 0 Å². The van der Waals surface area contributed by atoms with Crippen LogP contribution in [0.25, 0.3) is 27.8 Å². The fraction of sp³-hybridized carbons (Fsp3) is 0.0909. The molecule has 5 aromatic rings. The van der Waals surface area contributed by atoms with E-state index in [0.29, 0.717) is 17.3 Å². The number of nitrogens with one attached hydrogen (secondary N) is 2. The van der Waals surface area contributed by atoms with Crippen LogP contribution in [-0.2, 0) is 0 Å². The van der Waals surface area contributed by atoms with Crippen LogP contribution in [0.4, 0.5) is 11.5 Å². The minimum absolute atomic E-state index is 0.644. The van der Waals surface area contributed by atoms with E-state index in [2.05, 4.69) is 39.6 Å². The highest BCUT2D eigenvalue weighted by Crippen LogP contribution is 2.32. The summed E-state index contributed by atoms with van der Waals surface area (Å²) in [6.07, 6.45) is 7.59. The van der Waals surface area contributed by atoms with Gasteiger partial charge in [0.15, 0.2) is 23.0 Å². The van der Waals surface area contributed by atoms with E-state index in [1.54, 1.807) is 20.4 Å². The van der Waals surface area contributed by atoms with Gasteiger partial charge in [0.1, 0.15) is 0 Å². The summed E-state index contributed by atoms with van der Waals surface area (Å²) in [7, 11) is 3.23. The first kappa shape index (κ1) is 17.1. The second kappa shape index (κ2) is 6.87. The molecule has 7 nitrogen and oxygen atoms in total. The van der Waals surface area contributed by atoms with Crippen LogP contribution in [0, 0.1) is 0 Å². The maximum Gasteiger partial charge on any atom is 0.180 e. The van der Waals surface area contributed by atoms with Crippen molar-refractivity contribution in [3.05, 3.63) is 67.3 Å². The van der Waals surface area contributed by atoms with E-state index in [0.717, 1.165) is 33.5 Å². The first-order valence-corrected chi connectivity index (χ1v) is 9.15.